The molecule has 0 spiro atoms. The Kier molecular flexibility index (Phi) is 3.83. The van der Waals surface area contributed by atoms with Crippen molar-refractivity contribution in [2.24, 2.45) is 11.7 Å². The van der Waals surface area contributed by atoms with E-state index in [1.165, 1.54) is 28.0 Å². The van der Waals surface area contributed by atoms with Crippen molar-refractivity contribution < 1.29 is 0 Å². The summed E-state index contributed by atoms with van der Waals surface area (Å²) in [5.74, 6) is 0.924. The van der Waals surface area contributed by atoms with Crippen LogP contribution < -0.4 is 5.73 Å². The molecule has 2 rings (SSSR count). The minimum Gasteiger partial charge on any atom is -0.329 e. The van der Waals surface area contributed by atoms with E-state index in [-0.39, 0.29) is 0 Å². The number of thiophene rings is 1. The van der Waals surface area contributed by atoms with Crippen LogP contribution in [0.15, 0.2) is 15.9 Å². The van der Waals surface area contributed by atoms with Crippen molar-refractivity contribution in [3.8, 4) is 0 Å². The van der Waals surface area contributed by atoms with E-state index in [2.05, 4.69) is 40.0 Å². The van der Waals surface area contributed by atoms with E-state index in [0.717, 1.165) is 5.92 Å². The van der Waals surface area contributed by atoms with E-state index >= 15 is 0 Å². The van der Waals surface area contributed by atoms with Crippen molar-refractivity contribution in [1.29, 1.82) is 0 Å². The number of hydrogen-bond donors (Lipinski definition) is 1. The second kappa shape index (κ2) is 4.95. The van der Waals surface area contributed by atoms with Gasteiger partial charge in [-0.25, -0.2) is 0 Å². The third-order valence-corrected chi connectivity index (χ3v) is 4.65. The van der Waals surface area contributed by atoms with Crippen LogP contribution in [0.5, 0.6) is 0 Å². The van der Waals surface area contributed by atoms with E-state index in [1.54, 1.807) is 11.3 Å². The molecule has 0 aliphatic heterocycles. The number of likely N-dealkylation sites (N-methyl/N-ethyl adjacent to an activating group) is 1. The Hall–Kier alpha value is 0.1000. The standard InChI is InChI=1S/C11H17BrN2S/c1-14(7-8-2-3-8)9(6-13)10-4-5-11(12)15-10/h4-5,8-9H,2-3,6-7,13H2,1H3. The van der Waals surface area contributed by atoms with Crippen molar-refractivity contribution in [3.05, 3.63) is 20.8 Å². The van der Waals surface area contributed by atoms with Gasteiger partial charge in [-0.05, 0) is 53.9 Å². The Balaban J connectivity index is 2.01. The fourth-order valence-electron chi connectivity index (χ4n) is 1.86. The first-order valence-corrected chi connectivity index (χ1v) is 6.97. The molecule has 1 atom stereocenters. The summed E-state index contributed by atoms with van der Waals surface area (Å²) in [5, 5.41) is 0. The number of halogens is 1. The van der Waals surface area contributed by atoms with Gasteiger partial charge in [0.05, 0.1) is 9.83 Å². The fourth-order valence-corrected chi connectivity index (χ4v) is 3.46. The molecule has 1 aliphatic carbocycles. The minimum atomic E-state index is 0.391. The largest absolute Gasteiger partial charge is 0.329 e. The predicted molar refractivity (Wildman–Crippen MR) is 69.2 cm³/mol. The molecular weight excluding hydrogens is 272 g/mol. The lowest BCUT2D eigenvalue weighted by molar-refractivity contribution is 0.243. The molecule has 1 aliphatic rings. The zero-order chi connectivity index (χ0) is 10.8. The zero-order valence-corrected chi connectivity index (χ0v) is 11.4. The lowest BCUT2D eigenvalue weighted by Crippen LogP contribution is -2.31. The molecule has 0 aromatic carbocycles. The number of nitrogens with two attached hydrogens (primary N) is 1. The molecule has 0 radical (unpaired) electrons. The summed E-state index contributed by atoms with van der Waals surface area (Å²) in [6.45, 7) is 1.90. The Morgan fingerprint density at radius 3 is 2.80 bits per heavy atom. The Bertz CT molecular complexity index is 322. The third kappa shape index (κ3) is 3.03. The molecule has 1 aromatic rings. The van der Waals surface area contributed by atoms with Crippen molar-refractivity contribution in [2.45, 2.75) is 18.9 Å². The van der Waals surface area contributed by atoms with Crippen LogP contribution in [0.1, 0.15) is 23.8 Å². The number of hydrogen-bond acceptors (Lipinski definition) is 3. The molecule has 0 amide bonds. The van der Waals surface area contributed by atoms with Gasteiger partial charge in [0.1, 0.15) is 0 Å². The smallest absolute Gasteiger partial charge is 0.0702 e. The number of rotatable bonds is 5. The lowest BCUT2D eigenvalue weighted by atomic mass is 10.2. The van der Waals surface area contributed by atoms with E-state index in [9.17, 15) is 0 Å². The maximum Gasteiger partial charge on any atom is 0.0702 e. The fraction of sp³-hybridized carbons (Fsp3) is 0.636. The van der Waals surface area contributed by atoms with Crippen molar-refractivity contribution in [3.63, 3.8) is 0 Å². The molecule has 1 saturated carbocycles. The van der Waals surface area contributed by atoms with Crippen LogP contribution in [0.25, 0.3) is 0 Å². The van der Waals surface area contributed by atoms with Gasteiger partial charge in [-0.2, -0.15) is 0 Å². The highest BCUT2D eigenvalue weighted by molar-refractivity contribution is 9.11. The van der Waals surface area contributed by atoms with Gasteiger partial charge in [0.25, 0.3) is 0 Å². The summed E-state index contributed by atoms with van der Waals surface area (Å²) in [4.78, 5) is 3.77. The molecule has 0 saturated heterocycles. The summed E-state index contributed by atoms with van der Waals surface area (Å²) in [6.07, 6.45) is 2.80. The van der Waals surface area contributed by atoms with Crippen LogP contribution in [-0.2, 0) is 0 Å². The van der Waals surface area contributed by atoms with Crippen LogP contribution >= 0.6 is 27.3 Å². The average Bonchev–Trinajstić information content (AvgIpc) is 2.90. The van der Waals surface area contributed by atoms with E-state index < -0.39 is 0 Å². The van der Waals surface area contributed by atoms with Gasteiger partial charge in [0.2, 0.25) is 0 Å². The minimum absolute atomic E-state index is 0.391. The molecule has 2 N–H and O–H groups in total. The van der Waals surface area contributed by atoms with Gasteiger partial charge in [-0.1, -0.05) is 0 Å². The Morgan fingerprint density at radius 2 is 2.33 bits per heavy atom. The van der Waals surface area contributed by atoms with E-state index in [0.29, 0.717) is 12.6 Å². The lowest BCUT2D eigenvalue weighted by Gasteiger charge is -2.25. The Labute approximate surface area is 104 Å². The first-order chi connectivity index (χ1) is 7.20. The molecule has 84 valence electrons. The molecule has 4 heteroatoms. The van der Waals surface area contributed by atoms with Gasteiger partial charge in [0, 0.05) is 18.0 Å². The highest BCUT2D eigenvalue weighted by atomic mass is 79.9. The van der Waals surface area contributed by atoms with Crippen LogP contribution in [-0.4, -0.2) is 25.0 Å². The third-order valence-electron chi connectivity index (χ3n) is 2.92. The summed E-state index contributed by atoms with van der Waals surface area (Å²) in [5.41, 5.74) is 5.86. The zero-order valence-electron chi connectivity index (χ0n) is 8.95. The van der Waals surface area contributed by atoms with Crippen molar-refractivity contribution >= 4 is 27.3 Å². The van der Waals surface area contributed by atoms with E-state index in [1.807, 2.05) is 0 Å². The van der Waals surface area contributed by atoms with Gasteiger partial charge < -0.3 is 5.73 Å². The van der Waals surface area contributed by atoms with Crippen molar-refractivity contribution in [1.82, 2.24) is 4.90 Å². The SMILES string of the molecule is CN(CC1CC1)C(CN)c1ccc(Br)s1. The summed E-state index contributed by atoms with van der Waals surface area (Å²) >= 11 is 5.29. The number of nitrogens with zero attached hydrogens (tertiary/aromatic N) is 1. The molecular formula is C11H17BrN2S. The first kappa shape index (κ1) is 11.6. The first-order valence-electron chi connectivity index (χ1n) is 5.36. The highest BCUT2D eigenvalue weighted by Crippen LogP contribution is 2.34. The van der Waals surface area contributed by atoms with Gasteiger partial charge in [-0.15, -0.1) is 11.3 Å². The topological polar surface area (TPSA) is 29.3 Å². The quantitative estimate of drug-likeness (QED) is 0.903. The molecule has 1 unspecified atom stereocenters. The van der Waals surface area contributed by atoms with Gasteiger partial charge in [-0.3, -0.25) is 4.90 Å². The van der Waals surface area contributed by atoms with Gasteiger partial charge in [0.15, 0.2) is 0 Å². The Morgan fingerprint density at radius 1 is 1.60 bits per heavy atom. The average molecular weight is 289 g/mol. The maximum atomic E-state index is 5.86. The summed E-state index contributed by atoms with van der Waals surface area (Å²) in [6, 6.07) is 4.67. The highest BCUT2D eigenvalue weighted by Gasteiger charge is 2.26. The summed E-state index contributed by atoms with van der Waals surface area (Å²) in [7, 11) is 2.18. The molecule has 15 heavy (non-hydrogen) atoms. The van der Waals surface area contributed by atoms with Crippen LogP contribution in [0, 0.1) is 5.92 Å². The maximum absolute atomic E-state index is 5.86. The molecule has 1 heterocycles. The predicted octanol–water partition coefficient (Wildman–Crippen LogP) is 2.85. The molecule has 1 aromatic heterocycles. The molecule has 0 bridgehead atoms. The summed E-state index contributed by atoms with van der Waals surface area (Å²) < 4.78 is 1.19. The molecule has 1 fully saturated rings. The van der Waals surface area contributed by atoms with Crippen LogP contribution in [0.2, 0.25) is 0 Å². The molecule has 2 nitrogen and oxygen atoms in total. The van der Waals surface area contributed by atoms with E-state index in [4.69, 9.17) is 5.73 Å². The second-order valence-electron chi connectivity index (χ2n) is 4.28. The van der Waals surface area contributed by atoms with Crippen LogP contribution in [0.3, 0.4) is 0 Å². The van der Waals surface area contributed by atoms with Gasteiger partial charge >= 0.3 is 0 Å². The second-order valence-corrected chi connectivity index (χ2v) is 6.77. The monoisotopic (exact) mass is 288 g/mol. The van der Waals surface area contributed by atoms with Crippen molar-refractivity contribution in [2.75, 3.05) is 20.1 Å². The van der Waals surface area contributed by atoms with Crippen LogP contribution in [0.4, 0.5) is 0 Å². The normalized spacial score (nSPS) is 18.4.